The Morgan fingerprint density at radius 2 is 1.80 bits per heavy atom. The number of hydrogen-bond donors (Lipinski definition) is 1. The van der Waals surface area contributed by atoms with E-state index >= 15 is 0 Å². The van der Waals surface area contributed by atoms with Crippen molar-refractivity contribution in [3.05, 3.63) is 69.8 Å². The number of nitrogens with one attached hydrogen (secondary N) is 1. The molecule has 210 valence electrons. The Balaban J connectivity index is 1.61. The van der Waals surface area contributed by atoms with E-state index in [1.165, 1.54) is 6.20 Å². The minimum absolute atomic E-state index is 0.0319. The number of carbonyl (C=O) groups is 2. The van der Waals surface area contributed by atoms with Gasteiger partial charge in [0.15, 0.2) is 5.17 Å². The van der Waals surface area contributed by atoms with E-state index < -0.39 is 47.4 Å². The fourth-order valence-corrected chi connectivity index (χ4v) is 5.81. The highest BCUT2D eigenvalue weighted by Gasteiger charge is 2.40. The van der Waals surface area contributed by atoms with Crippen molar-refractivity contribution in [2.45, 2.75) is 31.7 Å². The Morgan fingerprint density at radius 1 is 1.05 bits per heavy atom. The molecule has 2 aliphatic rings. The summed E-state index contributed by atoms with van der Waals surface area (Å²) in [6.07, 6.45) is -9.04. The minimum atomic E-state index is -5.08. The molecule has 1 saturated heterocycles. The third-order valence-electron chi connectivity index (χ3n) is 6.88. The van der Waals surface area contributed by atoms with E-state index in [1.54, 1.807) is 42.0 Å². The van der Waals surface area contributed by atoms with Crippen LogP contribution in [0.3, 0.4) is 0 Å². The maximum atomic E-state index is 14.0. The topological polar surface area (TPSA) is 81.7 Å². The van der Waals surface area contributed by atoms with Crippen LogP contribution in [-0.2, 0) is 28.4 Å². The van der Waals surface area contributed by atoms with Crippen molar-refractivity contribution in [2.24, 2.45) is 4.99 Å². The van der Waals surface area contributed by atoms with E-state index in [0.717, 1.165) is 17.8 Å². The predicted molar refractivity (Wildman–Crippen MR) is 137 cm³/mol. The lowest BCUT2D eigenvalue weighted by Gasteiger charge is -2.38. The Kier molecular flexibility index (Phi) is 6.92. The van der Waals surface area contributed by atoms with Crippen LogP contribution in [0.25, 0.3) is 16.5 Å². The van der Waals surface area contributed by atoms with Crippen molar-refractivity contribution in [3.63, 3.8) is 0 Å². The monoisotopic (exact) mass is 581 g/mol. The van der Waals surface area contributed by atoms with Crippen LogP contribution in [0.5, 0.6) is 0 Å². The van der Waals surface area contributed by atoms with Crippen LogP contribution in [0, 0.1) is 0 Å². The maximum Gasteiger partial charge on any atom is 0.416 e. The number of thioether (sulfide) groups is 1. The molecule has 2 aromatic carbocycles. The van der Waals surface area contributed by atoms with Gasteiger partial charge in [-0.1, -0.05) is 12.1 Å². The van der Waals surface area contributed by atoms with E-state index in [9.17, 15) is 35.9 Å². The van der Waals surface area contributed by atoms with Gasteiger partial charge in [0.05, 0.1) is 27.7 Å². The molecular formula is C26H21F6N5O2S. The zero-order chi connectivity index (χ0) is 29.0. The molecule has 3 heterocycles. The molecule has 1 atom stereocenters. The van der Waals surface area contributed by atoms with Gasteiger partial charge in [0.1, 0.15) is 6.04 Å². The fraction of sp³-hybridized carbons (Fsp3) is 0.308. The highest BCUT2D eigenvalue weighted by Crippen LogP contribution is 2.42. The fourth-order valence-electron chi connectivity index (χ4n) is 4.69. The molecule has 7 nitrogen and oxygen atoms in total. The average molecular weight is 582 g/mol. The number of benzene rings is 2. The smallest absolute Gasteiger partial charge is 0.342 e. The van der Waals surface area contributed by atoms with E-state index in [0.29, 0.717) is 35.6 Å². The molecule has 0 bridgehead atoms. The van der Waals surface area contributed by atoms with Crippen molar-refractivity contribution in [1.82, 2.24) is 20.0 Å². The Labute approximate surface area is 227 Å². The van der Waals surface area contributed by atoms with Crippen LogP contribution in [0.1, 0.15) is 29.2 Å². The van der Waals surface area contributed by atoms with Crippen LogP contribution in [0.4, 0.5) is 26.3 Å². The van der Waals surface area contributed by atoms with Crippen LogP contribution in [0.2, 0.25) is 0 Å². The molecule has 0 radical (unpaired) electrons. The van der Waals surface area contributed by atoms with Crippen LogP contribution in [0.15, 0.2) is 52.5 Å². The van der Waals surface area contributed by atoms with E-state index in [4.69, 9.17) is 0 Å². The minimum Gasteiger partial charge on any atom is -0.342 e. The van der Waals surface area contributed by atoms with Crippen LogP contribution in [-0.4, -0.2) is 63.2 Å². The second kappa shape index (κ2) is 9.98. The third kappa shape index (κ3) is 5.19. The Bertz CT molecular complexity index is 1580. The third-order valence-corrected chi connectivity index (χ3v) is 8.01. The van der Waals surface area contributed by atoms with Gasteiger partial charge in [-0.15, -0.1) is 0 Å². The highest BCUT2D eigenvalue weighted by molar-refractivity contribution is 8.18. The summed E-state index contributed by atoms with van der Waals surface area (Å²) in [6, 6.07) is 5.71. The summed E-state index contributed by atoms with van der Waals surface area (Å²) in [5.41, 5.74) is -2.11. The zero-order valence-corrected chi connectivity index (χ0v) is 21.8. The lowest BCUT2D eigenvalue weighted by atomic mass is 9.92. The largest absolute Gasteiger partial charge is 0.416 e. The maximum absolute atomic E-state index is 14.0. The first-order valence-electron chi connectivity index (χ1n) is 12.0. The van der Waals surface area contributed by atoms with E-state index in [1.807, 2.05) is 0 Å². The lowest BCUT2D eigenvalue weighted by molar-refractivity contribution is -0.143. The van der Waals surface area contributed by atoms with Gasteiger partial charge in [-0.25, -0.2) is 0 Å². The quantitative estimate of drug-likeness (QED) is 0.334. The number of piperazine rings is 1. The predicted octanol–water partition coefficient (Wildman–Crippen LogP) is 5.35. The lowest BCUT2D eigenvalue weighted by Crippen LogP contribution is -2.55. The van der Waals surface area contributed by atoms with Gasteiger partial charge in [0.2, 0.25) is 5.91 Å². The number of H-pyrrole nitrogens is 1. The van der Waals surface area contributed by atoms with Gasteiger partial charge < -0.3 is 9.80 Å². The molecule has 2 amide bonds. The number of aliphatic imine (C=N–C) groups is 1. The van der Waals surface area contributed by atoms with Crippen LogP contribution < -0.4 is 0 Å². The molecule has 40 heavy (non-hydrogen) atoms. The zero-order valence-electron chi connectivity index (χ0n) is 21.0. The second-order valence-corrected chi connectivity index (χ2v) is 10.4. The molecule has 1 aromatic heterocycles. The normalized spacial score (nSPS) is 20.0. The van der Waals surface area contributed by atoms with E-state index in [2.05, 4.69) is 15.2 Å². The number of nitrogens with zero attached hydrogens (tertiary/aromatic N) is 4. The summed E-state index contributed by atoms with van der Waals surface area (Å²) < 4.78 is 81.7. The van der Waals surface area contributed by atoms with Gasteiger partial charge in [-0.05, 0) is 66.1 Å². The molecule has 1 fully saturated rings. The number of likely N-dealkylation sites (N-methyl/N-ethyl adjacent to an activating group) is 1. The number of allylic oxidation sites excluding steroid dienone is 1. The SMILES string of the molecule is CC1C(=O)N(C)CCN1C1=NC(=O)C(=C(Cc2ccc(C(F)(F)F)cc2C(F)(F)F)c2ccc3[nH]ncc3c2)S1. The number of halogens is 6. The van der Waals surface area contributed by atoms with Crippen molar-refractivity contribution in [2.75, 3.05) is 20.1 Å². The molecule has 0 saturated carbocycles. The highest BCUT2D eigenvalue weighted by atomic mass is 32.2. The second-order valence-electron chi connectivity index (χ2n) is 9.45. The molecule has 14 heteroatoms. The van der Waals surface area contributed by atoms with E-state index in [-0.39, 0.29) is 27.6 Å². The number of amides is 2. The van der Waals surface area contributed by atoms with Crippen LogP contribution >= 0.6 is 11.8 Å². The molecule has 1 N–H and O–H groups in total. The first-order valence-corrected chi connectivity index (χ1v) is 12.8. The molecular weight excluding hydrogens is 560 g/mol. The number of carbonyl (C=O) groups excluding carboxylic acids is 2. The van der Waals surface area contributed by atoms with Crippen molar-refractivity contribution in [1.29, 1.82) is 0 Å². The molecule has 0 aliphatic carbocycles. The molecule has 1 unspecified atom stereocenters. The van der Waals surface area contributed by atoms with Crippen molar-refractivity contribution >= 4 is 45.2 Å². The summed E-state index contributed by atoms with van der Waals surface area (Å²) in [6.45, 7) is 2.45. The number of rotatable bonds is 3. The van der Waals surface area contributed by atoms with Gasteiger partial charge in [0.25, 0.3) is 5.91 Å². The van der Waals surface area contributed by atoms with Gasteiger partial charge in [-0.3, -0.25) is 14.7 Å². The molecule has 2 aliphatic heterocycles. The number of aromatic nitrogens is 2. The Hall–Kier alpha value is -3.81. The van der Waals surface area contributed by atoms with Gasteiger partial charge in [0, 0.05) is 25.5 Å². The standard InChI is InChI=1S/C26H21F6N5O2S/c1-13-23(39)36(2)7-8-37(13)24-34-22(38)21(40-24)18(14-4-6-20-16(9-14)12-33-35-20)10-15-3-5-17(25(27,28)29)11-19(15)26(30,31)32/h3-6,9,11-13H,7-8,10H2,1-2H3,(H,33,35). The van der Waals surface area contributed by atoms with Gasteiger partial charge >= 0.3 is 12.4 Å². The first kappa shape index (κ1) is 27.7. The Morgan fingerprint density at radius 3 is 2.50 bits per heavy atom. The number of fused-ring (bicyclic) bond motifs is 1. The number of alkyl halides is 6. The summed E-state index contributed by atoms with van der Waals surface area (Å²) in [7, 11) is 1.66. The number of aromatic amines is 1. The van der Waals surface area contributed by atoms with Gasteiger partial charge in [-0.2, -0.15) is 36.4 Å². The molecule has 5 rings (SSSR count). The van der Waals surface area contributed by atoms with Crippen molar-refractivity contribution in [3.8, 4) is 0 Å². The molecule has 3 aromatic rings. The summed E-state index contributed by atoms with van der Waals surface area (Å²) >= 11 is 0.933. The summed E-state index contributed by atoms with van der Waals surface area (Å²) in [5, 5.41) is 7.56. The summed E-state index contributed by atoms with van der Waals surface area (Å²) in [4.78, 5) is 33.0. The number of hydrogen-bond acceptors (Lipinski definition) is 5. The first-order chi connectivity index (χ1) is 18.7. The molecule has 0 spiro atoms. The average Bonchev–Trinajstić information content (AvgIpc) is 3.50. The number of amidine groups is 1. The van der Waals surface area contributed by atoms with Crippen molar-refractivity contribution < 1.29 is 35.9 Å². The summed E-state index contributed by atoms with van der Waals surface area (Å²) in [5.74, 6) is -0.883.